The maximum absolute atomic E-state index is 6.99. The van der Waals surface area contributed by atoms with Crippen molar-refractivity contribution in [2.75, 3.05) is 9.80 Å². The van der Waals surface area contributed by atoms with E-state index in [2.05, 4.69) is 288 Å². The fraction of sp³-hybridized carbons (Fsp3) is 0.260. The van der Waals surface area contributed by atoms with Gasteiger partial charge in [-0.3, -0.25) is 0 Å². The van der Waals surface area contributed by atoms with Crippen LogP contribution in [-0.2, 0) is 48.1 Å². The number of benzene rings is 8. The second kappa shape index (κ2) is 19.3. The Morgan fingerprint density at radius 1 is 0.468 bits per heavy atom. The van der Waals surface area contributed by atoms with Crippen LogP contribution in [0.3, 0.4) is 0 Å². The number of anilines is 4. The molecule has 12 rings (SSSR count). The van der Waals surface area contributed by atoms with Crippen LogP contribution in [0.5, 0.6) is 11.5 Å². The minimum Gasteiger partial charge on any atom is -0.509 e. The molecule has 2 aromatic heterocycles. The van der Waals surface area contributed by atoms with Crippen molar-refractivity contribution in [1.82, 2.24) is 9.55 Å². The molecular weight excluding hydrogens is 1140 g/mol. The van der Waals surface area contributed by atoms with Crippen LogP contribution in [0.2, 0.25) is 0 Å². The summed E-state index contributed by atoms with van der Waals surface area (Å²) in [5.74, 6) is 2.12. The van der Waals surface area contributed by atoms with Gasteiger partial charge in [0.05, 0.1) is 0 Å². The Kier molecular flexibility index (Phi) is 13.1. The molecule has 10 aromatic rings. The molecule has 402 valence electrons. The molecule has 8 aromatic carbocycles. The van der Waals surface area contributed by atoms with E-state index in [0.29, 0.717) is 11.5 Å². The van der Waals surface area contributed by atoms with Gasteiger partial charge in [0.15, 0.2) is 0 Å². The van der Waals surface area contributed by atoms with Crippen molar-refractivity contribution in [3.05, 3.63) is 222 Å². The molecule has 3 heterocycles. The Balaban J connectivity index is 0.00000660. The first-order chi connectivity index (χ1) is 36.9. The minimum absolute atomic E-state index is 0. The predicted octanol–water partition coefficient (Wildman–Crippen LogP) is 19.8. The smallest absolute Gasteiger partial charge is 0.135 e. The fourth-order valence-electron chi connectivity index (χ4n) is 11.7. The molecule has 0 amide bonds. The van der Waals surface area contributed by atoms with E-state index in [0.717, 1.165) is 50.7 Å². The second-order valence-corrected chi connectivity index (χ2v) is 26.3. The van der Waals surface area contributed by atoms with Gasteiger partial charge in [-0.15, -0.1) is 48.3 Å². The van der Waals surface area contributed by atoms with Crippen LogP contribution in [0, 0.1) is 18.8 Å². The SMILES string of the molecule is CC(C)(C)c1cc(-c2cc(C(C)(C)C)cc(-c3ccc(-c4ccccc4)cc3)c2N2[CH-]N(c3[c-]c(Oc4[c-]c5c6c(c4)C(C)(C)c4cccc(c46)n5-c4cc(C(C)(C)C)ccn4)ccc3)c3ccccc32)cc(C(C)(C)C)c1.[Pt]. The van der Waals surface area contributed by atoms with Crippen molar-refractivity contribution in [3.63, 3.8) is 0 Å². The van der Waals surface area contributed by atoms with Crippen LogP contribution in [0.25, 0.3) is 61.0 Å². The summed E-state index contributed by atoms with van der Waals surface area (Å²) in [5, 5.41) is 2.47. The number of ether oxygens (including phenoxy) is 1. The van der Waals surface area contributed by atoms with Crippen LogP contribution >= 0.6 is 0 Å². The van der Waals surface area contributed by atoms with Gasteiger partial charge < -0.3 is 19.1 Å². The topological polar surface area (TPSA) is 33.5 Å². The van der Waals surface area contributed by atoms with E-state index in [1.54, 1.807) is 0 Å². The summed E-state index contributed by atoms with van der Waals surface area (Å²) in [5.41, 5.74) is 20.4. The summed E-state index contributed by atoms with van der Waals surface area (Å²) in [4.78, 5) is 9.66. The number of nitrogens with zero attached hydrogens (tertiary/aromatic N) is 4. The molecular formula is C73H71N4OPt-3. The molecule has 5 nitrogen and oxygen atoms in total. The van der Waals surface area contributed by atoms with Crippen molar-refractivity contribution in [2.24, 2.45) is 0 Å². The Hall–Kier alpha value is -7.20. The molecule has 0 fully saturated rings. The predicted molar refractivity (Wildman–Crippen MR) is 327 cm³/mol. The third-order valence-electron chi connectivity index (χ3n) is 16.3. The maximum Gasteiger partial charge on any atom is 0.135 e. The standard InChI is InChI=1S/C73H71N4O.Pt/c1-69(2,3)50-34-35-74-65(41-50)77-63-29-21-26-59-66(63)67-60(73(59,13)14)43-56(44-64(67)77)78-55-25-20-24-54(42-55)75-45-76(62-28-19-18-27-61(62)75)68-57(48-32-30-47(31-33-48)46-22-16-15-17-23-46)39-53(72(10,11)12)40-58(68)49-36-51(70(4,5)6)38-52(37-49)71(7,8)9;/h15-41,43,45H,1-14H3;/q-3;. The van der Waals surface area contributed by atoms with Crippen LogP contribution in [0.4, 0.5) is 22.7 Å². The average Bonchev–Trinajstić information content (AvgIpc) is 3.14. The Morgan fingerprint density at radius 2 is 1.04 bits per heavy atom. The van der Waals surface area contributed by atoms with Gasteiger partial charge in [-0.25, -0.2) is 4.98 Å². The molecule has 0 N–H and O–H groups in total. The van der Waals surface area contributed by atoms with E-state index >= 15 is 0 Å². The first kappa shape index (κ1) is 53.8. The number of para-hydroxylation sites is 2. The van der Waals surface area contributed by atoms with Crippen molar-refractivity contribution < 1.29 is 25.8 Å². The number of fused-ring (bicyclic) bond motifs is 1. The molecule has 0 bridgehead atoms. The molecule has 1 aliphatic heterocycles. The molecule has 6 heteroatoms. The monoisotopic (exact) mass is 1210 g/mol. The molecule has 2 aliphatic rings. The third-order valence-corrected chi connectivity index (χ3v) is 16.3. The molecule has 0 saturated heterocycles. The maximum atomic E-state index is 6.99. The first-order valence-electron chi connectivity index (χ1n) is 27.7. The molecule has 79 heavy (non-hydrogen) atoms. The Bertz CT molecular complexity index is 3950. The van der Waals surface area contributed by atoms with Gasteiger partial charge >= 0.3 is 0 Å². The van der Waals surface area contributed by atoms with Crippen molar-refractivity contribution in [2.45, 2.75) is 124 Å². The summed E-state index contributed by atoms with van der Waals surface area (Å²) in [6.07, 6.45) is 1.93. The van der Waals surface area contributed by atoms with Crippen LogP contribution < -0.4 is 14.5 Å². The van der Waals surface area contributed by atoms with Gasteiger partial charge in [0.2, 0.25) is 0 Å². The van der Waals surface area contributed by atoms with E-state index in [9.17, 15) is 0 Å². The van der Waals surface area contributed by atoms with Gasteiger partial charge in [-0.05, 0) is 125 Å². The van der Waals surface area contributed by atoms with Gasteiger partial charge in [0.25, 0.3) is 0 Å². The number of rotatable bonds is 8. The summed E-state index contributed by atoms with van der Waals surface area (Å²) in [6, 6.07) is 67.7. The quantitative estimate of drug-likeness (QED) is 0.142. The summed E-state index contributed by atoms with van der Waals surface area (Å²) in [7, 11) is 0. The number of pyridine rings is 1. The van der Waals surface area contributed by atoms with Crippen molar-refractivity contribution in [3.8, 4) is 50.7 Å². The Morgan fingerprint density at radius 3 is 1.68 bits per heavy atom. The summed E-state index contributed by atoms with van der Waals surface area (Å²) < 4.78 is 9.27. The number of aromatic nitrogens is 2. The van der Waals surface area contributed by atoms with Crippen LogP contribution in [0.15, 0.2) is 170 Å². The van der Waals surface area contributed by atoms with E-state index < -0.39 is 0 Å². The molecule has 1 aliphatic carbocycles. The van der Waals surface area contributed by atoms with Gasteiger partial charge in [0, 0.05) is 72.5 Å². The normalized spacial score (nSPS) is 14.1. The zero-order valence-corrected chi connectivity index (χ0v) is 50.5. The van der Waals surface area contributed by atoms with Gasteiger partial charge in [-0.2, -0.15) is 6.07 Å². The zero-order chi connectivity index (χ0) is 54.8. The summed E-state index contributed by atoms with van der Waals surface area (Å²) >= 11 is 0. The molecule has 0 atom stereocenters. The minimum atomic E-state index is -0.242. The number of hydrogen-bond donors (Lipinski definition) is 0. The van der Waals surface area contributed by atoms with E-state index in [1.165, 1.54) is 66.4 Å². The molecule has 0 spiro atoms. The van der Waals surface area contributed by atoms with Crippen molar-refractivity contribution in [1.29, 1.82) is 0 Å². The van der Waals surface area contributed by atoms with Gasteiger partial charge in [-0.1, -0.05) is 205 Å². The summed E-state index contributed by atoms with van der Waals surface area (Å²) in [6.45, 7) is 34.6. The molecule has 0 unspecified atom stereocenters. The zero-order valence-electron chi connectivity index (χ0n) is 48.3. The van der Waals surface area contributed by atoms with Crippen molar-refractivity contribution >= 4 is 44.6 Å². The Labute approximate surface area is 483 Å². The van der Waals surface area contributed by atoms with E-state index in [1.807, 2.05) is 12.3 Å². The fourth-order valence-corrected chi connectivity index (χ4v) is 11.7. The van der Waals surface area contributed by atoms with Crippen LogP contribution in [-0.4, -0.2) is 9.55 Å². The largest absolute Gasteiger partial charge is 0.509 e. The number of hydrogen-bond acceptors (Lipinski definition) is 4. The van der Waals surface area contributed by atoms with E-state index in [4.69, 9.17) is 9.72 Å². The van der Waals surface area contributed by atoms with Crippen LogP contribution in [0.1, 0.15) is 130 Å². The second-order valence-electron chi connectivity index (χ2n) is 26.3. The van der Waals surface area contributed by atoms with Gasteiger partial charge in [0.1, 0.15) is 5.82 Å². The van der Waals surface area contributed by atoms with E-state index in [-0.39, 0.29) is 48.1 Å². The molecule has 0 saturated carbocycles. The molecule has 0 radical (unpaired) electrons. The third kappa shape index (κ3) is 9.50. The first-order valence-corrected chi connectivity index (χ1v) is 27.7. The average molecular weight is 1220 g/mol.